The predicted octanol–water partition coefficient (Wildman–Crippen LogP) is 8.68. The molecule has 10 atom stereocenters. The van der Waals surface area contributed by atoms with Crippen LogP contribution in [0.2, 0.25) is 0 Å². The quantitative estimate of drug-likeness (QED) is 0.384. The van der Waals surface area contributed by atoms with Gasteiger partial charge in [0.25, 0.3) is 0 Å². The first-order valence-electron chi connectivity index (χ1n) is 15.0. The lowest BCUT2D eigenvalue weighted by Crippen LogP contribution is -2.64. The minimum atomic E-state index is -0.0288. The highest BCUT2D eigenvalue weighted by molar-refractivity contribution is 5.69. The van der Waals surface area contributed by atoms with Gasteiger partial charge >= 0.3 is 5.97 Å². The van der Waals surface area contributed by atoms with Gasteiger partial charge < -0.3 is 4.74 Å². The van der Waals surface area contributed by atoms with E-state index in [0.29, 0.717) is 34.0 Å². The Morgan fingerprint density at radius 1 is 0.824 bits per heavy atom. The normalized spacial score (nSPS) is 50.3. The summed E-state index contributed by atoms with van der Waals surface area (Å²) in [7, 11) is 1.53. The van der Waals surface area contributed by atoms with E-state index in [1.807, 2.05) is 0 Å². The van der Waals surface area contributed by atoms with Crippen LogP contribution in [0, 0.1) is 63.1 Å². The molecule has 0 heterocycles. The molecular weight excluding hydrogens is 416 g/mol. The summed E-state index contributed by atoms with van der Waals surface area (Å²) in [5.74, 6) is 6.09. The Hall–Kier alpha value is -0.530. The fourth-order valence-corrected chi connectivity index (χ4v) is 12.1. The molecule has 5 fully saturated rings. The summed E-state index contributed by atoms with van der Waals surface area (Å²) in [5, 5.41) is 0. The number of hydrogen-bond acceptors (Lipinski definition) is 2. The van der Waals surface area contributed by atoms with Crippen LogP contribution in [0.4, 0.5) is 0 Å². The highest BCUT2D eigenvalue weighted by atomic mass is 16.5. The van der Waals surface area contributed by atoms with Crippen molar-refractivity contribution in [3.63, 3.8) is 0 Å². The molecule has 5 aliphatic rings. The maximum absolute atomic E-state index is 11.8. The molecule has 0 aromatic carbocycles. The lowest BCUT2D eigenvalue weighted by atomic mass is 9.33. The van der Waals surface area contributed by atoms with Crippen molar-refractivity contribution >= 4 is 5.97 Å². The minimum absolute atomic E-state index is 0.0288. The van der Waals surface area contributed by atoms with Gasteiger partial charge in [-0.05, 0) is 134 Å². The fourth-order valence-electron chi connectivity index (χ4n) is 12.1. The first-order valence-corrected chi connectivity index (χ1v) is 15.0. The predicted molar refractivity (Wildman–Crippen MR) is 140 cm³/mol. The summed E-state index contributed by atoms with van der Waals surface area (Å²) < 4.78 is 4.93. The van der Waals surface area contributed by atoms with E-state index in [9.17, 15) is 4.79 Å². The Labute approximate surface area is 210 Å². The van der Waals surface area contributed by atoms with Gasteiger partial charge in [0, 0.05) is 6.42 Å². The Balaban J connectivity index is 1.36. The van der Waals surface area contributed by atoms with E-state index in [1.54, 1.807) is 0 Å². The largest absolute Gasteiger partial charge is 0.469 e. The molecule has 0 spiro atoms. The van der Waals surface area contributed by atoms with Gasteiger partial charge in [0.1, 0.15) is 0 Å². The summed E-state index contributed by atoms with van der Waals surface area (Å²) in [5.41, 5.74) is 2.13. The monoisotopic (exact) mass is 470 g/mol. The van der Waals surface area contributed by atoms with E-state index in [2.05, 4.69) is 41.5 Å². The van der Waals surface area contributed by atoms with Crippen molar-refractivity contribution in [3.8, 4) is 0 Å². The summed E-state index contributed by atoms with van der Waals surface area (Å²) in [6.45, 7) is 15.9. The number of fused-ring (bicyclic) bond motifs is 7. The Morgan fingerprint density at radius 3 is 2.29 bits per heavy atom. The molecule has 0 aromatic rings. The van der Waals surface area contributed by atoms with Crippen LogP contribution in [0.1, 0.15) is 125 Å². The summed E-state index contributed by atoms with van der Waals surface area (Å²) >= 11 is 0. The lowest BCUT2D eigenvalue weighted by molar-refractivity contribution is -0.227. The molecule has 2 nitrogen and oxygen atoms in total. The van der Waals surface area contributed by atoms with Crippen LogP contribution < -0.4 is 0 Å². The molecule has 0 N–H and O–H groups in total. The van der Waals surface area contributed by atoms with E-state index in [-0.39, 0.29) is 5.97 Å². The highest BCUT2D eigenvalue weighted by Crippen LogP contribution is 2.75. The molecule has 0 bridgehead atoms. The zero-order valence-corrected chi connectivity index (χ0v) is 23.6. The summed E-state index contributed by atoms with van der Waals surface area (Å²) in [6, 6.07) is 0. The van der Waals surface area contributed by atoms with Crippen molar-refractivity contribution in [1.82, 2.24) is 0 Å². The number of ether oxygens (including phenoxy) is 1. The van der Waals surface area contributed by atoms with Crippen molar-refractivity contribution in [2.75, 3.05) is 7.11 Å². The second-order valence-corrected chi connectivity index (χ2v) is 15.2. The SMILES string of the molecule is COC(=O)CCC(C)[C@H]1CCC2C3CCC4[C@@]5(C)CCCC(C)(C)C5CC[C@@]4(C)[C@]3(C)CC[C@H]21. The van der Waals surface area contributed by atoms with Crippen LogP contribution in [0.3, 0.4) is 0 Å². The number of hydrogen-bond donors (Lipinski definition) is 0. The molecule has 194 valence electrons. The minimum Gasteiger partial charge on any atom is -0.469 e. The second-order valence-electron chi connectivity index (χ2n) is 15.2. The number of carbonyl (C=O) groups excluding carboxylic acids is 1. The van der Waals surface area contributed by atoms with E-state index in [1.165, 1.54) is 77.7 Å². The number of methoxy groups -OCH3 is 1. The maximum Gasteiger partial charge on any atom is 0.305 e. The smallest absolute Gasteiger partial charge is 0.305 e. The van der Waals surface area contributed by atoms with Crippen LogP contribution in [0.25, 0.3) is 0 Å². The third kappa shape index (κ3) is 3.49. The van der Waals surface area contributed by atoms with Gasteiger partial charge in [-0.25, -0.2) is 0 Å². The first-order chi connectivity index (χ1) is 16.0. The molecule has 0 amide bonds. The number of rotatable bonds is 4. The van der Waals surface area contributed by atoms with Gasteiger partial charge in [-0.2, -0.15) is 0 Å². The van der Waals surface area contributed by atoms with Gasteiger partial charge in [0.15, 0.2) is 0 Å². The molecule has 5 rings (SSSR count). The number of carbonyl (C=O) groups is 1. The molecule has 34 heavy (non-hydrogen) atoms. The lowest BCUT2D eigenvalue weighted by Gasteiger charge is -2.71. The molecule has 5 aliphatic carbocycles. The maximum atomic E-state index is 11.8. The van der Waals surface area contributed by atoms with Crippen molar-refractivity contribution < 1.29 is 9.53 Å². The third-order valence-corrected chi connectivity index (χ3v) is 13.9. The fraction of sp³-hybridized carbons (Fsp3) is 0.969. The molecule has 2 heteroatoms. The van der Waals surface area contributed by atoms with Gasteiger partial charge in [0.2, 0.25) is 0 Å². The molecule has 0 aromatic heterocycles. The third-order valence-electron chi connectivity index (χ3n) is 13.9. The van der Waals surface area contributed by atoms with Gasteiger partial charge in [-0.1, -0.05) is 48.0 Å². The van der Waals surface area contributed by atoms with Crippen LogP contribution in [-0.2, 0) is 9.53 Å². The highest BCUT2D eigenvalue weighted by Gasteiger charge is 2.68. The average Bonchev–Trinajstić information content (AvgIpc) is 3.21. The van der Waals surface area contributed by atoms with Crippen LogP contribution in [-0.4, -0.2) is 13.1 Å². The van der Waals surface area contributed by atoms with E-state index in [4.69, 9.17) is 4.74 Å². The number of esters is 1. The molecule has 5 saturated carbocycles. The van der Waals surface area contributed by atoms with Gasteiger partial charge in [-0.15, -0.1) is 0 Å². The van der Waals surface area contributed by atoms with Crippen molar-refractivity contribution in [2.45, 2.75) is 125 Å². The van der Waals surface area contributed by atoms with E-state index >= 15 is 0 Å². The van der Waals surface area contributed by atoms with Crippen LogP contribution in [0.5, 0.6) is 0 Å². The van der Waals surface area contributed by atoms with Crippen molar-refractivity contribution in [3.05, 3.63) is 0 Å². The summed E-state index contributed by atoms with van der Waals surface area (Å²) in [4.78, 5) is 11.8. The topological polar surface area (TPSA) is 26.3 Å². The zero-order chi connectivity index (χ0) is 24.5. The first kappa shape index (κ1) is 25.1. The molecule has 5 unspecified atom stereocenters. The molecular formula is C32H54O2. The van der Waals surface area contributed by atoms with Crippen molar-refractivity contribution in [1.29, 1.82) is 0 Å². The molecule has 0 aliphatic heterocycles. The van der Waals surface area contributed by atoms with Gasteiger partial charge in [-0.3, -0.25) is 4.79 Å². The van der Waals surface area contributed by atoms with Crippen LogP contribution >= 0.6 is 0 Å². The Kier molecular flexibility index (Phi) is 6.29. The summed E-state index contributed by atoms with van der Waals surface area (Å²) in [6.07, 6.45) is 17.7. The standard InChI is InChI=1S/C32H54O2/c1-21(9-14-28(33)34-7)22-10-11-24-23(22)15-19-31(5)25(24)12-13-27-30(4)18-8-17-29(2,3)26(30)16-20-32(27,31)6/h21-27H,8-20H2,1-7H3/t21?,22-,23+,24?,25?,26?,27?,30+,31-,32-/m1/s1. The second kappa shape index (κ2) is 8.51. The zero-order valence-electron chi connectivity index (χ0n) is 23.6. The molecule has 0 saturated heterocycles. The average molecular weight is 471 g/mol. The van der Waals surface area contributed by atoms with Gasteiger partial charge in [0.05, 0.1) is 7.11 Å². The van der Waals surface area contributed by atoms with Crippen LogP contribution in [0.15, 0.2) is 0 Å². The Bertz CT molecular complexity index is 786. The van der Waals surface area contributed by atoms with Crippen molar-refractivity contribution in [2.24, 2.45) is 63.1 Å². The Morgan fingerprint density at radius 2 is 1.56 bits per heavy atom. The molecule has 0 radical (unpaired) electrons. The van der Waals surface area contributed by atoms with E-state index < -0.39 is 0 Å². The van der Waals surface area contributed by atoms with E-state index in [0.717, 1.165) is 41.9 Å².